The predicted octanol–water partition coefficient (Wildman–Crippen LogP) is 4.23. The lowest BCUT2D eigenvalue weighted by Crippen LogP contribution is -2.25. The molecule has 29 heavy (non-hydrogen) atoms. The van der Waals surface area contributed by atoms with Crippen molar-refractivity contribution in [3.05, 3.63) is 59.7 Å². The molecule has 156 valence electrons. The van der Waals surface area contributed by atoms with Crippen molar-refractivity contribution in [2.75, 3.05) is 52.5 Å². The average Bonchev–Trinajstić information content (AvgIpc) is 3.45. The SMILES string of the molecule is c1cc(OCCN2CCCC2)ccc1Cc1ccc(OCCN2CCCC2)cc1. The average molecular weight is 395 g/mol. The van der Waals surface area contributed by atoms with E-state index in [1.807, 2.05) is 0 Å². The lowest BCUT2D eigenvalue weighted by atomic mass is 10.0. The molecule has 2 heterocycles. The van der Waals surface area contributed by atoms with Crippen LogP contribution in [0, 0.1) is 0 Å². The number of nitrogens with zero attached hydrogens (tertiary/aromatic N) is 2. The molecular formula is C25H34N2O2. The predicted molar refractivity (Wildman–Crippen MR) is 118 cm³/mol. The minimum absolute atomic E-state index is 0.776. The summed E-state index contributed by atoms with van der Waals surface area (Å²) in [5, 5.41) is 0. The maximum absolute atomic E-state index is 5.90. The minimum Gasteiger partial charge on any atom is -0.492 e. The smallest absolute Gasteiger partial charge is 0.119 e. The Bertz CT molecular complexity index is 654. The van der Waals surface area contributed by atoms with Crippen molar-refractivity contribution in [1.29, 1.82) is 0 Å². The first-order valence-corrected chi connectivity index (χ1v) is 11.2. The first-order valence-electron chi connectivity index (χ1n) is 11.2. The Morgan fingerprint density at radius 3 is 1.31 bits per heavy atom. The molecule has 2 aliphatic heterocycles. The Labute approximate surface area is 175 Å². The molecule has 0 unspecified atom stereocenters. The molecule has 0 bridgehead atoms. The van der Waals surface area contributed by atoms with Gasteiger partial charge in [-0.25, -0.2) is 0 Å². The van der Waals surface area contributed by atoms with Crippen LogP contribution in [0.2, 0.25) is 0 Å². The van der Waals surface area contributed by atoms with Crippen LogP contribution in [-0.4, -0.2) is 62.3 Å². The normalized spacial score (nSPS) is 17.7. The highest BCUT2D eigenvalue weighted by Gasteiger charge is 2.11. The highest BCUT2D eigenvalue weighted by atomic mass is 16.5. The van der Waals surface area contributed by atoms with Gasteiger partial charge in [0.1, 0.15) is 24.7 Å². The molecule has 4 rings (SSSR count). The van der Waals surface area contributed by atoms with Gasteiger partial charge < -0.3 is 9.47 Å². The first-order chi connectivity index (χ1) is 14.3. The molecule has 2 saturated heterocycles. The van der Waals surface area contributed by atoms with Crippen molar-refractivity contribution in [3.8, 4) is 11.5 Å². The molecule has 0 amide bonds. The summed E-state index contributed by atoms with van der Waals surface area (Å²) in [6.07, 6.45) is 6.27. The van der Waals surface area contributed by atoms with Crippen LogP contribution in [0.3, 0.4) is 0 Å². The molecular weight excluding hydrogens is 360 g/mol. The topological polar surface area (TPSA) is 24.9 Å². The number of benzene rings is 2. The second kappa shape index (κ2) is 10.7. The Balaban J connectivity index is 1.18. The number of hydrogen-bond donors (Lipinski definition) is 0. The Kier molecular flexibility index (Phi) is 7.44. The van der Waals surface area contributed by atoms with E-state index >= 15 is 0 Å². The Morgan fingerprint density at radius 2 is 0.931 bits per heavy atom. The molecule has 2 aromatic rings. The van der Waals surface area contributed by atoms with Crippen LogP contribution >= 0.6 is 0 Å². The van der Waals surface area contributed by atoms with E-state index in [9.17, 15) is 0 Å². The summed E-state index contributed by atoms with van der Waals surface area (Å²) in [6.45, 7) is 8.53. The molecule has 4 heteroatoms. The fourth-order valence-electron chi connectivity index (χ4n) is 4.24. The van der Waals surface area contributed by atoms with Gasteiger partial charge in [-0.15, -0.1) is 0 Å². The molecule has 0 N–H and O–H groups in total. The standard InChI is InChI=1S/C25H34N2O2/c1-2-14-26(13-1)17-19-28-24-9-5-22(6-10-24)21-23-7-11-25(12-8-23)29-20-18-27-15-3-4-16-27/h5-12H,1-4,13-21H2. The fraction of sp³-hybridized carbons (Fsp3) is 0.520. The van der Waals surface area contributed by atoms with Crippen LogP contribution in [0.15, 0.2) is 48.5 Å². The van der Waals surface area contributed by atoms with Gasteiger partial charge in [-0.3, -0.25) is 9.80 Å². The van der Waals surface area contributed by atoms with Gasteiger partial charge in [0, 0.05) is 13.1 Å². The fourth-order valence-corrected chi connectivity index (χ4v) is 4.24. The summed E-state index contributed by atoms with van der Waals surface area (Å²) >= 11 is 0. The molecule has 2 fully saturated rings. The van der Waals surface area contributed by atoms with Crippen molar-refractivity contribution >= 4 is 0 Å². The summed E-state index contributed by atoms with van der Waals surface area (Å²) < 4.78 is 11.8. The van der Waals surface area contributed by atoms with Crippen molar-refractivity contribution in [1.82, 2.24) is 9.80 Å². The van der Waals surface area contributed by atoms with Gasteiger partial charge in [-0.05, 0) is 93.7 Å². The second-order valence-electron chi connectivity index (χ2n) is 8.26. The monoisotopic (exact) mass is 394 g/mol. The summed E-state index contributed by atoms with van der Waals surface area (Å²) in [6, 6.07) is 17.1. The maximum atomic E-state index is 5.90. The third-order valence-corrected chi connectivity index (χ3v) is 6.00. The first kappa shape index (κ1) is 20.2. The zero-order valence-corrected chi connectivity index (χ0v) is 17.5. The van der Waals surface area contributed by atoms with Gasteiger partial charge in [0.05, 0.1) is 0 Å². The lowest BCUT2D eigenvalue weighted by Gasteiger charge is -2.15. The van der Waals surface area contributed by atoms with E-state index in [0.29, 0.717) is 0 Å². The highest BCUT2D eigenvalue weighted by Crippen LogP contribution is 2.18. The van der Waals surface area contributed by atoms with E-state index in [4.69, 9.17) is 9.47 Å². The quantitative estimate of drug-likeness (QED) is 0.602. The molecule has 0 aliphatic carbocycles. The van der Waals surface area contributed by atoms with E-state index in [0.717, 1.165) is 44.2 Å². The van der Waals surface area contributed by atoms with Crippen LogP contribution < -0.4 is 9.47 Å². The molecule has 0 spiro atoms. The summed E-state index contributed by atoms with van der Waals surface area (Å²) in [4.78, 5) is 4.96. The Morgan fingerprint density at radius 1 is 0.552 bits per heavy atom. The van der Waals surface area contributed by atoms with Crippen LogP contribution in [0.25, 0.3) is 0 Å². The maximum Gasteiger partial charge on any atom is 0.119 e. The molecule has 0 radical (unpaired) electrons. The summed E-state index contributed by atoms with van der Waals surface area (Å²) in [5.41, 5.74) is 2.61. The highest BCUT2D eigenvalue weighted by molar-refractivity contribution is 5.34. The van der Waals surface area contributed by atoms with Gasteiger partial charge in [-0.1, -0.05) is 24.3 Å². The van der Waals surface area contributed by atoms with Crippen LogP contribution in [0.4, 0.5) is 0 Å². The van der Waals surface area contributed by atoms with Crippen LogP contribution in [0.5, 0.6) is 11.5 Å². The summed E-state index contributed by atoms with van der Waals surface area (Å²) in [7, 11) is 0. The molecule has 4 nitrogen and oxygen atoms in total. The van der Waals surface area contributed by atoms with Gasteiger partial charge in [0.25, 0.3) is 0 Å². The third kappa shape index (κ3) is 6.48. The van der Waals surface area contributed by atoms with E-state index in [1.165, 1.54) is 63.0 Å². The molecule has 0 saturated carbocycles. The second-order valence-corrected chi connectivity index (χ2v) is 8.26. The van der Waals surface area contributed by atoms with Crippen molar-refractivity contribution in [2.24, 2.45) is 0 Å². The third-order valence-electron chi connectivity index (χ3n) is 6.00. The molecule has 0 atom stereocenters. The van der Waals surface area contributed by atoms with Crippen LogP contribution in [-0.2, 0) is 6.42 Å². The number of rotatable bonds is 10. The molecule has 2 aliphatic rings. The van der Waals surface area contributed by atoms with E-state index in [2.05, 4.69) is 58.3 Å². The largest absolute Gasteiger partial charge is 0.492 e. The van der Waals surface area contributed by atoms with Crippen LogP contribution in [0.1, 0.15) is 36.8 Å². The van der Waals surface area contributed by atoms with Gasteiger partial charge in [0.15, 0.2) is 0 Å². The van der Waals surface area contributed by atoms with E-state index in [1.54, 1.807) is 0 Å². The lowest BCUT2D eigenvalue weighted by molar-refractivity contribution is 0.237. The van der Waals surface area contributed by atoms with Gasteiger partial charge >= 0.3 is 0 Å². The van der Waals surface area contributed by atoms with E-state index in [-0.39, 0.29) is 0 Å². The van der Waals surface area contributed by atoms with Gasteiger partial charge in [-0.2, -0.15) is 0 Å². The van der Waals surface area contributed by atoms with Crippen molar-refractivity contribution < 1.29 is 9.47 Å². The van der Waals surface area contributed by atoms with Gasteiger partial charge in [0.2, 0.25) is 0 Å². The zero-order chi connectivity index (χ0) is 19.7. The minimum atomic E-state index is 0.776. The summed E-state index contributed by atoms with van der Waals surface area (Å²) in [5.74, 6) is 1.93. The zero-order valence-electron chi connectivity index (χ0n) is 17.5. The Hall–Kier alpha value is -2.04. The number of ether oxygens (including phenoxy) is 2. The van der Waals surface area contributed by atoms with Crippen molar-refractivity contribution in [3.63, 3.8) is 0 Å². The van der Waals surface area contributed by atoms with E-state index < -0.39 is 0 Å². The molecule has 2 aromatic carbocycles. The van der Waals surface area contributed by atoms with Crippen molar-refractivity contribution in [2.45, 2.75) is 32.1 Å². The molecule has 0 aromatic heterocycles. The number of likely N-dealkylation sites (tertiary alicyclic amines) is 2. The number of hydrogen-bond acceptors (Lipinski definition) is 4.